The molecule has 0 N–H and O–H groups in total. The van der Waals surface area contributed by atoms with E-state index in [1.165, 1.54) is 0 Å². The summed E-state index contributed by atoms with van der Waals surface area (Å²) in [7, 11) is 0. The van der Waals surface area contributed by atoms with Crippen molar-refractivity contribution in [3.8, 4) is 0 Å². The van der Waals surface area contributed by atoms with Crippen LogP contribution in [0.5, 0.6) is 0 Å². The molecule has 0 amide bonds. The smallest absolute Gasteiger partial charge is 0.308 e. The van der Waals surface area contributed by atoms with E-state index in [4.69, 9.17) is 16.3 Å². The molecule has 0 saturated carbocycles. The molecule has 0 fully saturated rings. The highest BCUT2D eigenvalue weighted by Crippen LogP contribution is 2.15. The molecule has 0 saturated heterocycles. The molecule has 1 aromatic rings. The molecule has 0 radical (unpaired) electrons. The zero-order valence-corrected chi connectivity index (χ0v) is 9.95. The summed E-state index contributed by atoms with van der Waals surface area (Å²) in [5.41, 5.74) is 0.376. The standard InChI is InChI=1S/C12H13ClO3/c1-8(2)12(15)16-7-11(14)9-5-3-4-6-10(9)13/h3-6,8H,7H2,1-2H3. The number of halogens is 1. The summed E-state index contributed by atoms with van der Waals surface area (Å²) < 4.78 is 4.83. The summed E-state index contributed by atoms with van der Waals surface area (Å²) in [6.07, 6.45) is 0. The molecule has 4 heteroatoms. The Labute approximate surface area is 99.4 Å². The van der Waals surface area contributed by atoms with Crippen LogP contribution in [0.2, 0.25) is 5.02 Å². The summed E-state index contributed by atoms with van der Waals surface area (Å²) >= 11 is 5.84. The number of Topliss-reactive ketones (excluding diaryl/α,β-unsaturated/α-hetero) is 1. The molecule has 0 aliphatic rings. The number of carbonyl (C=O) groups is 2. The van der Waals surface area contributed by atoms with Crippen LogP contribution < -0.4 is 0 Å². The van der Waals surface area contributed by atoms with Crippen molar-refractivity contribution in [1.82, 2.24) is 0 Å². The molecule has 0 heterocycles. The van der Waals surface area contributed by atoms with Crippen molar-refractivity contribution in [3.05, 3.63) is 34.9 Å². The Morgan fingerprint density at radius 2 is 1.94 bits per heavy atom. The fourth-order valence-electron chi connectivity index (χ4n) is 1.07. The zero-order chi connectivity index (χ0) is 12.1. The summed E-state index contributed by atoms with van der Waals surface area (Å²) in [5, 5.41) is 0.369. The van der Waals surface area contributed by atoms with Crippen molar-refractivity contribution in [2.75, 3.05) is 6.61 Å². The molecule has 0 bridgehead atoms. The second kappa shape index (κ2) is 5.66. The van der Waals surface area contributed by atoms with E-state index in [-0.39, 0.29) is 24.3 Å². The van der Waals surface area contributed by atoms with Crippen LogP contribution in [0, 0.1) is 5.92 Å². The Hall–Kier alpha value is -1.35. The van der Waals surface area contributed by atoms with Gasteiger partial charge in [0.05, 0.1) is 10.9 Å². The molecule has 3 nitrogen and oxygen atoms in total. The second-order valence-electron chi connectivity index (χ2n) is 3.67. The van der Waals surface area contributed by atoms with Gasteiger partial charge in [0.25, 0.3) is 0 Å². The van der Waals surface area contributed by atoms with E-state index in [2.05, 4.69) is 0 Å². The molecular formula is C12H13ClO3. The quantitative estimate of drug-likeness (QED) is 0.600. The predicted molar refractivity (Wildman–Crippen MR) is 61.6 cm³/mol. The summed E-state index contributed by atoms with van der Waals surface area (Å²) in [6, 6.07) is 6.68. The first kappa shape index (κ1) is 12.7. The SMILES string of the molecule is CC(C)C(=O)OCC(=O)c1ccccc1Cl. The Balaban J connectivity index is 2.60. The van der Waals surface area contributed by atoms with Crippen LogP contribution in [0.4, 0.5) is 0 Å². The van der Waals surface area contributed by atoms with Crippen LogP contribution in [0.25, 0.3) is 0 Å². The minimum Gasteiger partial charge on any atom is -0.457 e. The van der Waals surface area contributed by atoms with Gasteiger partial charge < -0.3 is 4.74 Å². The molecule has 0 aromatic heterocycles. The highest BCUT2D eigenvalue weighted by molar-refractivity contribution is 6.34. The molecule has 0 atom stereocenters. The maximum absolute atomic E-state index is 11.6. The van der Waals surface area contributed by atoms with E-state index in [0.29, 0.717) is 10.6 Å². The normalized spacial score (nSPS) is 10.2. The van der Waals surface area contributed by atoms with Gasteiger partial charge in [0.15, 0.2) is 6.61 Å². The van der Waals surface area contributed by atoms with Crippen molar-refractivity contribution < 1.29 is 14.3 Å². The second-order valence-corrected chi connectivity index (χ2v) is 4.07. The Bertz CT molecular complexity index is 399. The molecule has 0 aliphatic carbocycles. The first-order valence-electron chi connectivity index (χ1n) is 4.96. The van der Waals surface area contributed by atoms with E-state index in [1.807, 2.05) is 0 Å². The molecule has 0 aliphatic heterocycles. The first-order valence-corrected chi connectivity index (χ1v) is 5.34. The summed E-state index contributed by atoms with van der Waals surface area (Å²) in [6.45, 7) is 3.16. The number of ether oxygens (including phenoxy) is 1. The summed E-state index contributed by atoms with van der Waals surface area (Å²) in [4.78, 5) is 22.8. The van der Waals surface area contributed by atoms with Gasteiger partial charge in [-0.3, -0.25) is 9.59 Å². The first-order chi connectivity index (χ1) is 7.52. The molecule has 1 aromatic carbocycles. The van der Waals surface area contributed by atoms with E-state index in [1.54, 1.807) is 38.1 Å². The molecule has 0 unspecified atom stereocenters. The van der Waals surface area contributed by atoms with Gasteiger partial charge >= 0.3 is 5.97 Å². The lowest BCUT2D eigenvalue weighted by Crippen LogP contribution is -2.17. The fourth-order valence-corrected chi connectivity index (χ4v) is 1.31. The minimum absolute atomic E-state index is 0.237. The van der Waals surface area contributed by atoms with E-state index in [9.17, 15) is 9.59 Å². The van der Waals surface area contributed by atoms with Crippen LogP contribution >= 0.6 is 11.6 Å². The molecule has 0 spiro atoms. The number of hydrogen-bond acceptors (Lipinski definition) is 3. The van der Waals surface area contributed by atoms with Crippen LogP contribution in [0.1, 0.15) is 24.2 Å². The molecular weight excluding hydrogens is 228 g/mol. The number of rotatable bonds is 4. The maximum atomic E-state index is 11.6. The topological polar surface area (TPSA) is 43.4 Å². The largest absolute Gasteiger partial charge is 0.457 e. The van der Waals surface area contributed by atoms with Crippen LogP contribution in [0.3, 0.4) is 0 Å². The average Bonchev–Trinajstić information content (AvgIpc) is 2.25. The number of esters is 1. The maximum Gasteiger partial charge on any atom is 0.308 e. The van der Waals surface area contributed by atoms with Gasteiger partial charge in [-0.15, -0.1) is 0 Å². The van der Waals surface area contributed by atoms with Gasteiger partial charge in [-0.25, -0.2) is 0 Å². The van der Waals surface area contributed by atoms with Gasteiger partial charge in [0, 0.05) is 5.56 Å². The van der Waals surface area contributed by atoms with E-state index >= 15 is 0 Å². The monoisotopic (exact) mass is 240 g/mol. The zero-order valence-electron chi connectivity index (χ0n) is 9.20. The number of benzene rings is 1. The number of hydrogen-bond donors (Lipinski definition) is 0. The fraction of sp³-hybridized carbons (Fsp3) is 0.333. The molecule has 16 heavy (non-hydrogen) atoms. The van der Waals surface area contributed by atoms with Crippen LogP contribution in [-0.4, -0.2) is 18.4 Å². The van der Waals surface area contributed by atoms with Crippen molar-refractivity contribution in [2.24, 2.45) is 5.92 Å². The number of carbonyl (C=O) groups excluding carboxylic acids is 2. The third kappa shape index (κ3) is 3.35. The van der Waals surface area contributed by atoms with Crippen molar-refractivity contribution in [1.29, 1.82) is 0 Å². The minimum atomic E-state index is -0.389. The van der Waals surface area contributed by atoms with Gasteiger partial charge in [-0.2, -0.15) is 0 Å². The van der Waals surface area contributed by atoms with Gasteiger partial charge in [0.2, 0.25) is 5.78 Å². The third-order valence-electron chi connectivity index (χ3n) is 1.99. The lowest BCUT2D eigenvalue weighted by atomic mass is 10.1. The lowest BCUT2D eigenvalue weighted by Gasteiger charge is -2.07. The highest BCUT2D eigenvalue weighted by Gasteiger charge is 2.14. The summed E-state index contributed by atoms with van der Waals surface area (Å²) in [5.74, 6) is -0.918. The lowest BCUT2D eigenvalue weighted by molar-refractivity contribution is -0.146. The van der Waals surface area contributed by atoms with Gasteiger partial charge in [0.1, 0.15) is 0 Å². The van der Waals surface area contributed by atoms with Gasteiger partial charge in [-0.05, 0) is 12.1 Å². The van der Waals surface area contributed by atoms with Crippen molar-refractivity contribution in [2.45, 2.75) is 13.8 Å². The van der Waals surface area contributed by atoms with Crippen molar-refractivity contribution >= 4 is 23.4 Å². The predicted octanol–water partition coefficient (Wildman–Crippen LogP) is 2.72. The molecule has 1 rings (SSSR count). The Morgan fingerprint density at radius 3 is 2.50 bits per heavy atom. The van der Waals surface area contributed by atoms with Crippen molar-refractivity contribution in [3.63, 3.8) is 0 Å². The third-order valence-corrected chi connectivity index (χ3v) is 2.32. The number of ketones is 1. The Kier molecular flexibility index (Phi) is 4.50. The van der Waals surface area contributed by atoms with Gasteiger partial charge in [-0.1, -0.05) is 37.6 Å². The molecule has 86 valence electrons. The van der Waals surface area contributed by atoms with Crippen LogP contribution in [0.15, 0.2) is 24.3 Å². The van der Waals surface area contributed by atoms with Crippen LogP contribution in [-0.2, 0) is 9.53 Å². The average molecular weight is 241 g/mol. The highest BCUT2D eigenvalue weighted by atomic mass is 35.5. The van der Waals surface area contributed by atoms with E-state index < -0.39 is 0 Å². The Morgan fingerprint density at radius 1 is 1.31 bits per heavy atom. The van der Waals surface area contributed by atoms with E-state index in [0.717, 1.165) is 0 Å².